The molecule has 1 heterocycles. The lowest BCUT2D eigenvalue weighted by molar-refractivity contribution is 0.191. The quantitative estimate of drug-likeness (QED) is 0.909. The Morgan fingerprint density at radius 2 is 2.20 bits per heavy atom. The molecule has 0 saturated heterocycles. The summed E-state index contributed by atoms with van der Waals surface area (Å²) in [6.45, 7) is 0.0122. The molecule has 2 aromatic rings. The van der Waals surface area contributed by atoms with E-state index in [2.05, 4.69) is 9.69 Å². The van der Waals surface area contributed by atoms with E-state index < -0.39 is 17.7 Å². The van der Waals surface area contributed by atoms with E-state index in [1.165, 1.54) is 6.07 Å². The molecular weight excluding hydrogens is 308 g/mol. The van der Waals surface area contributed by atoms with Crippen molar-refractivity contribution in [2.45, 2.75) is 6.10 Å². The third-order valence-electron chi connectivity index (χ3n) is 2.55. The van der Waals surface area contributed by atoms with Gasteiger partial charge in [-0.15, -0.1) is 0 Å². The number of nitrogens with one attached hydrogen (secondary N) is 1. The minimum atomic E-state index is -1.06. The minimum absolute atomic E-state index is 0.0122. The molecule has 4 nitrogen and oxygen atoms in total. The fourth-order valence-corrected chi connectivity index (χ4v) is 2.46. The van der Waals surface area contributed by atoms with Gasteiger partial charge in [-0.2, -0.15) is 9.64 Å². The van der Waals surface area contributed by atoms with Crippen molar-refractivity contribution in [2.24, 2.45) is 0 Å². The molecule has 1 unspecified atom stereocenters. The zero-order valence-electron chi connectivity index (χ0n) is 9.90. The summed E-state index contributed by atoms with van der Waals surface area (Å²) >= 11 is 6.68. The molecule has 0 saturated carbocycles. The molecule has 104 valence electrons. The predicted octanol–water partition coefficient (Wildman–Crippen LogP) is 3.09. The van der Waals surface area contributed by atoms with Crippen LogP contribution in [-0.2, 0) is 0 Å². The van der Waals surface area contributed by atoms with Crippen LogP contribution in [0, 0.1) is 23.0 Å². The molecule has 20 heavy (non-hydrogen) atoms. The van der Waals surface area contributed by atoms with Crippen molar-refractivity contribution in [1.82, 2.24) is 4.37 Å². The Balaban J connectivity index is 2.07. The van der Waals surface area contributed by atoms with E-state index in [1.54, 1.807) is 0 Å². The van der Waals surface area contributed by atoms with E-state index in [0.717, 1.165) is 23.7 Å². The van der Waals surface area contributed by atoms with Crippen LogP contribution in [0.25, 0.3) is 0 Å². The van der Waals surface area contributed by atoms with E-state index in [4.69, 9.17) is 16.9 Å². The molecule has 0 aliphatic heterocycles. The molecule has 8 heteroatoms. The first-order chi connectivity index (χ1) is 9.52. The number of aliphatic hydroxyl groups is 1. The van der Waals surface area contributed by atoms with Crippen molar-refractivity contribution in [2.75, 3.05) is 11.9 Å². The molecule has 1 aromatic carbocycles. The maximum atomic E-state index is 13.0. The molecule has 0 fully saturated rings. The number of anilines is 1. The lowest BCUT2D eigenvalue weighted by Gasteiger charge is -2.12. The number of aromatic nitrogens is 1. The van der Waals surface area contributed by atoms with Crippen LogP contribution >= 0.6 is 23.1 Å². The fraction of sp³-hybridized carbons (Fsp3) is 0.167. The zero-order chi connectivity index (χ0) is 14.7. The van der Waals surface area contributed by atoms with Crippen molar-refractivity contribution in [1.29, 1.82) is 5.26 Å². The fourth-order valence-electron chi connectivity index (χ4n) is 1.52. The van der Waals surface area contributed by atoms with Crippen LogP contribution in [0.5, 0.6) is 0 Å². The second kappa shape index (κ2) is 6.13. The molecule has 0 radical (unpaired) electrons. The van der Waals surface area contributed by atoms with Gasteiger partial charge in [0.2, 0.25) is 0 Å². The highest BCUT2D eigenvalue weighted by molar-refractivity contribution is 7.10. The highest BCUT2D eigenvalue weighted by atomic mass is 35.5. The largest absolute Gasteiger partial charge is 0.387 e. The van der Waals surface area contributed by atoms with E-state index in [9.17, 15) is 13.9 Å². The molecule has 0 amide bonds. The van der Waals surface area contributed by atoms with Gasteiger partial charge in [-0.05, 0) is 29.2 Å². The van der Waals surface area contributed by atoms with Gasteiger partial charge < -0.3 is 10.4 Å². The van der Waals surface area contributed by atoms with Gasteiger partial charge in [-0.25, -0.2) is 8.78 Å². The summed E-state index contributed by atoms with van der Waals surface area (Å²) in [6, 6.07) is 5.04. The van der Waals surface area contributed by atoms with Crippen LogP contribution in [0.1, 0.15) is 17.2 Å². The summed E-state index contributed by atoms with van der Waals surface area (Å²) in [6.07, 6.45) is -1.06. The van der Waals surface area contributed by atoms with Gasteiger partial charge >= 0.3 is 0 Å². The number of hydrogen-bond donors (Lipinski definition) is 2. The normalized spacial score (nSPS) is 11.9. The molecular formula is C12H8ClF2N3OS. The van der Waals surface area contributed by atoms with Crippen molar-refractivity contribution in [3.8, 4) is 6.07 Å². The monoisotopic (exact) mass is 315 g/mol. The summed E-state index contributed by atoms with van der Waals surface area (Å²) in [5.74, 6) is -2.00. The van der Waals surface area contributed by atoms with Gasteiger partial charge in [0.15, 0.2) is 16.8 Å². The van der Waals surface area contributed by atoms with Crippen LogP contribution < -0.4 is 5.32 Å². The van der Waals surface area contributed by atoms with Crippen LogP contribution in [0.3, 0.4) is 0 Å². The topological polar surface area (TPSA) is 68.9 Å². The first kappa shape index (κ1) is 14.7. The Bertz CT molecular complexity index is 671. The van der Waals surface area contributed by atoms with Crippen LogP contribution in [0.4, 0.5) is 13.8 Å². The number of halogens is 3. The molecule has 0 spiro atoms. The number of nitriles is 1. The Morgan fingerprint density at radius 1 is 1.45 bits per heavy atom. The van der Waals surface area contributed by atoms with E-state index in [1.807, 2.05) is 6.07 Å². The maximum Gasteiger partial charge on any atom is 0.162 e. The van der Waals surface area contributed by atoms with Gasteiger partial charge in [-0.3, -0.25) is 0 Å². The SMILES string of the molecule is N#Cc1c(Cl)nsc1NCC(O)c1ccc(F)c(F)c1. The first-order valence-electron chi connectivity index (χ1n) is 5.45. The highest BCUT2D eigenvalue weighted by Crippen LogP contribution is 2.28. The number of aliphatic hydroxyl groups excluding tert-OH is 1. The molecule has 2 N–H and O–H groups in total. The Kier molecular flexibility index (Phi) is 4.49. The zero-order valence-corrected chi connectivity index (χ0v) is 11.5. The molecule has 1 aromatic heterocycles. The number of hydrogen-bond acceptors (Lipinski definition) is 5. The predicted molar refractivity (Wildman–Crippen MR) is 71.6 cm³/mol. The third kappa shape index (κ3) is 3.04. The number of nitrogens with zero attached hydrogens (tertiary/aromatic N) is 2. The summed E-state index contributed by atoms with van der Waals surface area (Å²) in [7, 11) is 0. The smallest absolute Gasteiger partial charge is 0.162 e. The molecule has 0 aliphatic rings. The average Bonchev–Trinajstić information content (AvgIpc) is 2.79. The minimum Gasteiger partial charge on any atom is -0.387 e. The molecule has 1 atom stereocenters. The second-order valence-electron chi connectivity index (χ2n) is 3.86. The van der Waals surface area contributed by atoms with Crippen molar-refractivity contribution in [3.05, 3.63) is 46.1 Å². The third-order valence-corrected chi connectivity index (χ3v) is 3.73. The van der Waals surface area contributed by atoms with E-state index >= 15 is 0 Å². The lowest BCUT2D eigenvalue weighted by atomic mass is 10.1. The van der Waals surface area contributed by atoms with Crippen molar-refractivity contribution >= 4 is 28.1 Å². The van der Waals surface area contributed by atoms with E-state index in [0.29, 0.717) is 5.00 Å². The van der Waals surface area contributed by atoms with E-state index in [-0.39, 0.29) is 22.8 Å². The highest BCUT2D eigenvalue weighted by Gasteiger charge is 2.15. The molecule has 0 bridgehead atoms. The lowest BCUT2D eigenvalue weighted by Crippen LogP contribution is -2.12. The molecule has 0 aliphatic carbocycles. The molecule has 2 rings (SSSR count). The summed E-state index contributed by atoms with van der Waals surface area (Å²) in [4.78, 5) is 0. The maximum absolute atomic E-state index is 13.0. The van der Waals surface area contributed by atoms with Crippen molar-refractivity contribution in [3.63, 3.8) is 0 Å². The standard InChI is InChI=1S/C12H8ClF2N3OS/c13-11-7(4-16)12(20-18-11)17-5-10(19)6-1-2-8(14)9(15)3-6/h1-3,10,17,19H,5H2. The summed E-state index contributed by atoms with van der Waals surface area (Å²) in [5.41, 5.74) is 0.416. The van der Waals surface area contributed by atoms with Crippen LogP contribution in [-0.4, -0.2) is 16.0 Å². The Labute approximate surface area is 122 Å². The van der Waals surface area contributed by atoms with Gasteiger partial charge in [0.25, 0.3) is 0 Å². The van der Waals surface area contributed by atoms with Crippen LogP contribution in [0.2, 0.25) is 5.15 Å². The summed E-state index contributed by atoms with van der Waals surface area (Å²) < 4.78 is 29.6. The van der Waals surface area contributed by atoms with Gasteiger partial charge in [0.05, 0.1) is 6.10 Å². The second-order valence-corrected chi connectivity index (χ2v) is 4.99. The Morgan fingerprint density at radius 3 is 2.85 bits per heavy atom. The first-order valence-corrected chi connectivity index (χ1v) is 6.60. The van der Waals surface area contributed by atoms with Gasteiger partial charge in [-0.1, -0.05) is 17.7 Å². The number of rotatable bonds is 4. The van der Waals surface area contributed by atoms with Gasteiger partial charge in [0.1, 0.15) is 16.6 Å². The van der Waals surface area contributed by atoms with Gasteiger partial charge in [0, 0.05) is 6.54 Å². The average molecular weight is 316 g/mol. The number of benzene rings is 1. The Hall–Kier alpha value is -1.75. The van der Waals surface area contributed by atoms with Crippen LogP contribution in [0.15, 0.2) is 18.2 Å². The van der Waals surface area contributed by atoms with Crippen molar-refractivity contribution < 1.29 is 13.9 Å². The summed E-state index contributed by atoms with van der Waals surface area (Å²) in [5, 5.41) is 22.1.